The summed E-state index contributed by atoms with van der Waals surface area (Å²) < 4.78 is 0. The molecule has 0 aromatic carbocycles. The molecule has 0 spiro atoms. The van der Waals surface area contributed by atoms with Crippen molar-refractivity contribution >= 4 is 0 Å². The van der Waals surface area contributed by atoms with Gasteiger partial charge in [0.05, 0.1) is 0 Å². The van der Waals surface area contributed by atoms with Gasteiger partial charge in [-0.2, -0.15) is 0 Å². The first-order chi connectivity index (χ1) is 0. The SMILES string of the molecule is [Au].[Ir].[Pd].[Pt]. The van der Waals surface area contributed by atoms with Crippen LogP contribution in [0.5, 0.6) is 0 Å². The number of hydrogen-bond donors (Lipinski definition) is 0. The van der Waals surface area contributed by atoms with Crippen LogP contribution >= 0.6 is 0 Å². The molecule has 0 saturated carbocycles. The van der Waals surface area contributed by atoms with Crippen molar-refractivity contribution in [3.63, 3.8) is 0 Å². The largest absolute Gasteiger partial charge is 0 e. The van der Waals surface area contributed by atoms with Gasteiger partial charge in [-0.25, -0.2) is 0 Å². The molecule has 0 fully saturated rings. The van der Waals surface area contributed by atoms with Crippen molar-refractivity contribution in [3.8, 4) is 0 Å². The van der Waals surface area contributed by atoms with E-state index in [2.05, 4.69) is 0 Å². The molecule has 0 N–H and O–H groups in total. The van der Waals surface area contributed by atoms with Gasteiger partial charge in [0.2, 0.25) is 0 Å². The molecule has 4 heteroatoms. The zero-order valence-electron chi connectivity index (χ0n) is 1.27. The topological polar surface area (TPSA) is 0 Å². The summed E-state index contributed by atoms with van der Waals surface area (Å²) in [5.74, 6) is 0. The zero-order chi connectivity index (χ0) is 0. The average Bonchev–Trinajstić information content (AvgIpc) is 0. The van der Waals surface area contributed by atoms with E-state index in [0.29, 0.717) is 0 Å². The molecular formula is AuIrPdPt. The molecule has 2 radical (unpaired) electrons. The van der Waals surface area contributed by atoms with E-state index in [1.54, 1.807) is 0 Å². The van der Waals surface area contributed by atoms with E-state index in [1.807, 2.05) is 0 Å². The van der Waals surface area contributed by atoms with Gasteiger partial charge in [-0.15, -0.1) is 0 Å². The average molecular weight is 691 g/mol. The van der Waals surface area contributed by atoms with Crippen LogP contribution < -0.4 is 0 Å². The Bertz CT molecular complexity index is 8.00. The first-order valence-electron chi connectivity index (χ1n) is 0. The van der Waals surface area contributed by atoms with Gasteiger partial charge in [0.25, 0.3) is 0 Å². The van der Waals surface area contributed by atoms with Crippen molar-refractivity contribution in [3.05, 3.63) is 0 Å². The summed E-state index contributed by atoms with van der Waals surface area (Å²) in [7, 11) is 0. The molecule has 4 heavy (non-hydrogen) atoms. The van der Waals surface area contributed by atoms with Gasteiger partial charge in [-0.1, -0.05) is 0 Å². The first kappa shape index (κ1) is 29.6. The second kappa shape index (κ2) is 17.2. The molecule has 0 saturated heterocycles. The van der Waals surface area contributed by atoms with Crippen LogP contribution in [0, 0.1) is 0 Å². The van der Waals surface area contributed by atoms with Crippen molar-refractivity contribution in [1.82, 2.24) is 0 Å². The van der Waals surface area contributed by atoms with Crippen LogP contribution in [0.3, 0.4) is 0 Å². The van der Waals surface area contributed by atoms with Gasteiger partial charge in [-0.05, 0) is 0 Å². The third-order valence-electron chi connectivity index (χ3n) is 0. The van der Waals surface area contributed by atoms with Crippen LogP contribution in [-0.4, -0.2) is 0 Å². The Balaban J connectivity index is 0. The Morgan fingerprint density at radius 1 is 1.00 bits per heavy atom. The minimum atomic E-state index is 0. The smallest absolute Gasteiger partial charge is 0 e. The van der Waals surface area contributed by atoms with Crippen molar-refractivity contribution in [1.29, 1.82) is 0 Å². The standard InChI is InChI=1S/Au.Ir.Pd.Pt. The third-order valence-corrected chi connectivity index (χ3v) is 0. The van der Waals surface area contributed by atoms with E-state index >= 15 is 0 Å². The van der Waals surface area contributed by atoms with Crippen LogP contribution in [0.2, 0.25) is 0 Å². The van der Waals surface area contributed by atoms with Gasteiger partial charge in [-0.3, -0.25) is 0 Å². The van der Waals surface area contributed by atoms with Crippen molar-refractivity contribution in [2.75, 3.05) is 0 Å². The van der Waals surface area contributed by atoms with Crippen LogP contribution in [0.15, 0.2) is 0 Å². The number of hydrogen-bond acceptors (Lipinski definition) is 0. The maximum Gasteiger partial charge on any atom is 0 e. The zero-order valence-corrected chi connectivity index (χ0v) is 9.66. The molecular weight excluding hydrogens is 691 g/mol. The fourth-order valence-electron chi connectivity index (χ4n) is 0. The predicted octanol–water partition coefficient (Wildman–Crippen LogP) is -0.0100. The Morgan fingerprint density at radius 2 is 1.00 bits per heavy atom. The van der Waals surface area contributed by atoms with Crippen LogP contribution in [0.4, 0.5) is 0 Å². The molecule has 0 bridgehead atoms. The van der Waals surface area contributed by atoms with E-state index in [-0.39, 0.29) is 84.0 Å². The molecule has 0 aromatic heterocycles. The molecule has 0 aliphatic heterocycles. The molecule has 0 atom stereocenters. The second-order valence-corrected chi connectivity index (χ2v) is 0. The second-order valence-electron chi connectivity index (χ2n) is 0. The molecule has 0 rings (SSSR count). The third kappa shape index (κ3) is 8.83. The van der Waals surface area contributed by atoms with Crippen LogP contribution in [0.25, 0.3) is 0 Å². The minimum Gasteiger partial charge on any atom is 0 e. The van der Waals surface area contributed by atoms with Gasteiger partial charge >= 0.3 is 0 Å². The van der Waals surface area contributed by atoms with Gasteiger partial charge in [0, 0.05) is 84.0 Å². The quantitative estimate of drug-likeness (QED) is 0.314. The Labute approximate surface area is 82.6 Å². The van der Waals surface area contributed by atoms with Gasteiger partial charge in [0.1, 0.15) is 0 Å². The maximum absolute atomic E-state index is 0. The van der Waals surface area contributed by atoms with Gasteiger partial charge < -0.3 is 0 Å². The van der Waals surface area contributed by atoms with E-state index in [4.69, 9.17) is 0 Å². The monoisotopic (exact) mass is 691 g/mol. The van der Waals surface area contributed by atoms with E-state index in [1.165, 1.54) is 0 Å². The molecule has 40 valence electrons. The summed E-state index contributed by atoms with van der Waals surface area (Å²) in [6, 6.07) is 0. The summed E-state index contributed by atoms with van der Waals surface area (Å²) in [4.78, 5) is 0. The summed E-state index contributed by atoms with van der Waals surface area (Å²) in [5, 5.41) is 0. The van der Waals surface area contributed by atoms with E-state index in [0.717, 1.165) is 0 Å². The molecule has 0 amide bonds. The van der Waals surface area contributed by atoms with E-state index < -0.39 is 0 Å². The number of rotatable bonds is 0. The van der Waals surface area contributed by atoms with Crippen molar-refractivity contribution < 1.29 is 84.0 Å². The van der Waals surface area contributed by atoms with Crippen LogP contribution in [0.1, 0.15) is 0 Å². The summed E-state index contributed by atoms with van der Waals surface area (Å²) in [6.45, 7) is 0. The Kier molecular flexibility index (Phi) is 127. The molecule has 0 unspecified atom stereocenters. The Hall–Kier alpha value is 2.74. The normalized spacial score (nSPS) is 0. The summed E-state index contributed by atoms with van der Waals surface area (Å²) >= 11 is 0. The van der Waals surface area contributed by atoms with Gasteiger partial charge in [0.15, 0.2) is 0 Å². The predicted molar refractivity (Wildman–Crippen MR) is 0 cm³/mol. The van der Waals surface area contributed by atoms with Crippen molar-refractivity contribution in [2.45, 2.75) is 0 Å². The van der Waals surface area contributed by atoms with E-state index in [9.17, 15) is 0 Å². The maximum atomic E-state index is 0. The first-order valence-corrected chi connectivity index (χ1v) is 0. The van der Waals surface area contributed by atoms with Crippen LogP contribution in [-0.2, 0) is 84.0 Å². The summed E-state index contributed by atoms with van der Waals surface area (Å²) in [5.41, 5.74) is 0. The Morgan fingerprint density at radius 3 is 1.00 bits per heavy atom. The molecule has 0 aliphatic carbocycles. The fourth-order valence-corrected chi connectivity index (χ4v) is 0. The summed E-state index contributed by atoms with van der Waals surface area (Å²) in [6.07, 6.45) is 0. The van der Waals surface area contributed by atoms with Crippen molar-refractivity contribution in [2.24, 2.45) is 0 Å². The molecule has 0 aliphatic rings. The minimum absolute atomic E-state index is 0. The fraction of sp³-hybridized carbons (Fsp3) is 0. The molecule has 0 aromatic rings. The molecule has 0 nitrogen and oxygen atoms in total. The molecule has 0 heterocycles.